The molecule has 1 aromatic rings. The number of para-hydroxylation sites is 1. The molecule has 0 saturated carbocycles. The van der Waals surface area contributed by atoms with Crippen LogP contribution in [0.4, 0.5) is 0 Å². The Morgan fingerprint density at radius 2 is 1.97 bits per heavy atom. The number of amides is 2. The zero-order valence-electron chi connectivity index (χ0n) is 19.5. The van der Waals surface area contributed by atoms with E-state index in [1.807, 2.05) is 19.1 Å². The Balaban J connectivity index is 2.38. The van der Waals surface area contributed by atoms with Gasteiger partial charge in [-0.15, -0.1) is 0 Å². The topological polar surface area (TPSA) is 125 Å². The number of nitrogens with one attached hydrogen (secondary N) is 1. The summed E-state index contributed by atoms with van der Waals surface area (Å²) in [5, 5.41) is 22.9. The molecule has 1 aromatic carbocycles. The first-order chi connectivity index (χ1) is 16.3. The van der Waals surface area contributed by atoms with Gasteiger partial charge in [-0.1, -0.05) is 19.1 Å². The second-order valence-corrected chi connectivity index (χ2v) is 8.93. The van der Waals surface area contributed by atoms with E-state index < -0.39 is 35.8 Å². The predicted octanol–water partition coefficient (Wildman–Crippen LogP) is 1.44. The van der Waals surface area contributed by atoms with E-state index in [-0.39, 0.29) is 32.5 Å². The molecule has 3 N–H and O–H groups in total. The van der Waals surface area contributed by atoms with Gasteiger partial charge in [0.2, 0.25) is 11.7 Å². The van der Waals surface area contributed by atoms with Crippen LogP contribution in [0.3, 0.4) is 0 Å². The molecular formula is C24H33IN2O7. The summed E-state index contributed by atoms with van der Waals surface area (Å²) >= 11 is 2.11. The molecule has 0 aliphatic heterocycles. The van der Waals surface area contributed by atoms with Gasteiger partial charge in [0.25, 0.3) is 5.91 Å². The van der Waals surface area contributed by atoms with E-state index in [0.717, 1.165) is 3.57 Å². The molecule has 10 heteroatoms. The fourth-order valence-electron chi connectivity index (χ4n) is 3.68. The lowest BCUT2D eigenvalue weighted by Gasteiger charge is -2.40. The second-order valence-electron chi connectivity index (χ2n) is 7.77. The summed E-state index contributed by atoms with van der Waals surface area (Å²) < 4.78 is 12.3. The maximum atomic E-state index is 13.0. The number of ether oxygens (including phenoxy) is 2. The van der Waals surface area contributed by atoms with E-state index in [4.69, 9.17) is 14.6 Å². The molecule has 2 amide bonds. The molecular weight excluding hydrogens is 555 g/mol. The zero-order valence-corrected chi connectivity index (χ0v) is 21.7. The van der Waals surface area contributed by atoms with E-state index in [2.05, 4.69) is 27.9 Å². The number of hydrogen-bond donors (Lipinski definition) is 3. The number of benzene rings is 1. The Bertz CT molecular complexity index is 877. The van der Waals surface area contributed by atoms with Gasteiger partial charge in [0.1, 0.15) is 18.0 Å². The number of halogens is 1. The van der Waals surface area contributed by atoms with Crippen molar-refractivity contribution in [1.29, 1.82) is 0 Å². The first-order valence-electron chi connectivity index (χ1n) is 11.4. The summed E-state index contributed by atoms with van der Waals surface area (Å²) in [7, 11) is 0. The molecule has 0 spiro atoms. The molecule has 3 atom stereocenters. The van der Waals surface area contributed by atoms with Crippen molar-refractivity contribution in [3.8, 4) is 5.75 Å². The lowest BCUT2D eigenvalue weighted by molar-refractivity contribution is -0.149. The number of aliphatic hydroxyl groups is 2. The van der Waals surface area contributed by atoms with Crippen molar-refractivity contribution in [2.45, 2.75) is 51.4 Å². The van der Waals surface area contributed by atoms with Crippen molar-refractivity contribution in [1.82, 2.24) is 10.2 Å². The highest BCUT2D eigenvalue weighted by atomic mass is 127. The maximum absolute atomic E-state index is 13.0. The number of ketones is 1. The van der Waals surface area contributed by atoms with Crippen LogP contribution in [0, 0.1) is 3.57 Å². The predicted molar refractivity (Wildman–Crippen MR) is 134 cm³/mol. The van der Waals surface area contributed by atoms with Gasteiger partial charge >= 0.3 is 0 Å². The highest BCUT2D eigenvalue weighted by Crippen LogP contribution is 2.30. The van der Waals surface area contributed by atoms with E-state index >= 15 is 0 Å². The summed E-state index contributed by atoms with van der Waals surface area (Å²) in [6.45, 7) is 4.42. The Morgan fingerprint density at radius 1 is 1.24 bits per heavy atom. The van der Waals surface area contributed by atoms with Crippen LogP contribution in [0.5, 0.6) is 5.75 Å². The van der Waals surface area contributed by atoms with Crippen LogP contribution in [0.15, 0.2) is 35.9 Å². The van der Waals surface area contributed by atoms with Crippen LogP contribution in [-0.2, 0) is 19.1 Å². The lowest BCUT2D eigenvalue weighted by Crippen LogP contribution is -2.56. The molecule has 1 aliphatic carbocycles. The van der Waals surface area contributed by atoms with Crippen LogP contribution in [-0.4, -0.2) is 83.9 Å². The molecule has 188 valence electrons. The van der Waals surface area contributed by atoms with Crippen molar-refractivity contribution >= 4 is 40.2 Å². The maximum Gasteiger partial charge on any atom is 0.290 e. The Kier molecular flexibility index (Phi) is 11.9. The third-order valence-corrected chi connectivity index (χ3v) is 6.32. The smallest absolute Gasteiger partial charge is 0.290 e. The summed E-state index contributed by atoms with van der Waals surface area (Å²) in [5.74, 6) is -1.17. The largest absolute Gasteiger partial charge is 0.482 e. The number of nitrogens with zero attached hydrogens (tertiary/aromatic N) is 1. The molecule has 0 bridgehead atoms. The molecule has 0 unspecified atom stereocenters. The number of hydrogen-bond acceptors (Lipinski definition) is 7. The minimum atomic E-state index is -1.17. The summed E-state index contributed by atoms with van der Waals surface area (Å²) in [6, 6.07) is 6.41. The molecule has 0 fully saturated rings. The Morgan fingerprint density at radius 3 is 2.62 bits per heavy atom. The van der Waals surface area contributed by atoms with Crippen LogP contribution in [0.2, 0.25) is 0 Å². The molecule has 2 rings (SSSR count). The Hall–Kier alpha value is -2.02. The normalized spacial score (nSPS) is 19.8. The lowest BCUT2D eigenvalue weighted by atomic mass is 9.87. The average Bonchev–Trinajstić information content (AvgIpc) is 2.84. The SMILES string of the molecule is CCOCCCN(C(=O)C(=O)CC)[C@@H]1CC(C(=O)NCCO)=C[C@H](Oc2ccccc2I)[C@H]1O. The van der Waals surface area contributed by atoms with Crippen LogP contribution >= 0.6 is 22.6 Å². The number of carbonyl (C=O) groups excluding carboxylic acids is 3. The van der Waals surface area contributed by atoms with E-state index in [0.29, 0.717) is 31.0 Å². The van der Waals surface area contributed by atoms with Crippen molar-refractivity contribution < 1.29 is 34.1 Å². The van der Waals surface area contributed by atoms with Gasteiger partial charge < -0.3 is 29.9 Å². The first kappa shape index (κ1) is 28.2. The minimum absolute atomic E-state index is 0.0332. The molecule has 34 heavy (non-hydrogen) atoms. The average molecular weight is 588 g/mol. The fraction of sp³-hybridized carbons (Fsp3) is 0.542. The quantitative estimate of drug-likeness (QED) is 0.181. The van der Waals surface area contributed by atoms with Gasteiger partial charge in [0, 0.05) is 44.7 Å². The third-order valence-electron chi connectivity index (χ3n) is 5.43. The summed E-state index contributed by atoms with van der Waals surface area (Å²) in [4.78, 5) is 39.4. The molecule has 1 aliphatic rings. The van der Waals surface area contributed by atoms with Gasteiger partial charge in [-0.2, -0.15) is 0 Å². The second kappa shape index (κ2) is 14.4. The van der Waals surface area contributed by atoms with Crippen molar-refractivity contribution in [2.75, 3.05) is 32.9 Å². The fourth-order valence-corrected chi connectivity index (χ4v) is 4.19. The number of Topliss-reactive ketones (excluding diaryl/α,β-unsaturated/α-hetero) is 1. The minimum Gasteiger partial charge on any atom is -0.482 e. The van der Waals surface area contributed by atoms with Gasteiger partial charge in [-0.05, 0) is 54.1 Å². The van der Waals surface area contributed by atoms with Crippen LogP contribution < -0.4 is 10.1 Å². The van der Waals surface area contributed by atoms with E-state index in [1.165, 1.54) is 4.90 Å². The number of aliphatic hydroxyl groups excluding tert-OH is 2. The first-order valence-corrected chi connectivity index (χ1v) is 12.5. The van der Waals surface area contributed by atoms with Crippen LogP contribution in [0.25, 0.3) is 0 Å². The Labute approximate surface area is 213 Å². The molecule has 0 saturated heterocycles. The van der Waals surface area contributed by atoms with Crippen molar-refractivity contribution in [3.05, 3.63) is 39.5 Å². The third kappa shape index (κ3) is 7.76. The van der Waals surface area contributed by atoms with Gasteiger partial charge in [-0.3, -0.25) is 14.4 Å². The van der Waals surface area contributed by atoms with Crippen molar-refractivity contribution in [3.63, 3.8) is 0 Å². The summed E-state index contributed by atoms with van der Waals surface area (Å²) in [5.41, 5.74) is 0.311. The van der Waals surface area contributed by atoms with Gasteiger partial charge in [0.15, 0.2) is 0 Å². The summed E-state index contributed by atoms with van der Waals surface area (Å²) in [6.07, 6.45) is -0.0129. The molecule has 0 radical (unpaired) electrons. The zero-order chi connectivity index (χ0) is 25.1. The van der Waals surface area contributed by atoms with E-state index in [9.17, 15) is 19.5 Å². The highest BCUT2D eigenvalue weighted by Gasteiger charge is 2.41. The highest BCUT2D eigenvalue weighted by molar-refractivity contribution is 14.1. The van der Waals surface area contributed by atoms with Crippen molar-refractivity contribution in [2.24, 2.45) is 0 Å². The van der Waals surface area contributed by atoms with E-state index in [1.54, 1.807) is 25.1 Å². The monoisotopic (exact) mass is 588 g/mol. The molecule has 0 heterocycles. The molecule has 0 aromatic heterocycles. The number of rotatable bonds is 13. The van der Waals surface area contributed by atoms with Crippen LogP contribution in [0.1, 0.15) is 33.1 Å². The number of carbonyl (C=O) groups is 3. The molecule has 9 nitrogen and oxygen atoms in total. The van der Waals surface area contributed by atoms with Gasteiger partial charge in [-0.25, -0.2) is 0 Å². The standard InChI is InChI=1S/C24H33IN2O7/c1-3-19(29)24(32)27(11-7-13-33-4-2)18-14-16(23(31)26-10-12-28)15-21(22(18)30)34-20-9-6-5-8-17(20)25/h5-6,8-9,15,18,21-22,28,30H,3-4,7,10-14H2,1-2H3,(H,26,31)/t18-,21+,22+/m1/s1. The van der Waals surface area contributed by atoms with Gasteiger partial charge in [0.05, 0.1) is 16.2 Å².